The minimum absolute atomic E-state index is 0.0978. The van der Waals surface area contributed by atoms with Crippen molar-refractivity contribution in [2.45, 2.75) is 33.1 Å². The molecule has 7 nitrogen and oxygen atoms in total. The van der Waals surface area contributed by atoms with Crippen molar-refractivity contribution in [3.8, 4) is 23.0 Å². The highest BCUT2D eigenvalue weighted by molar-refractivity contribution is 5.91. The number of H-pyrrole nitrogens is 1. The van der Waals surface area contributed by atoms with E-state index in [0.29, 0.717) is 41.4 Å². The van der Waals surface area contributed by atoms with Crippen LogP contribution < -0.4 is 24.5 Å². The lowest BCUT2D eigenvalue weighted by atomic mass is 9.95. The highest BCUT2D eigenvalue weighted by atomic mass is 16.7. The molecule has 7 heteroatoms. The van der Waals surface area contributed by atoms with Gasteiger partial charge in [0.1, 0.15) is 0 Å². The molecule has 0 saturated carbocycles. The van der Waals surface area contributed by atoms with Crippen LogP contribution in [0.15, 0.2) is 35.1 Å². The Bertz CT molecular complexity index is 1440. The zero-order valence-electron chi connectivity index (χ0n) is 19.2. The van der Waals surface area contributed by atoms with E-state index in [-0.39, 0.29) is 12.4 Å². The van der Waals surface area contributed by atoms with E-state index in [2.05, 4.69) is 18.0 Å². The first-order valence-electron chi connectivity index (χ1n) is 11.1. The van der Waals surface area contributed by atoms with Crippen molar-refractivity contribution >= 4 is 21.7 Å². The average Bonchev–Trinajstić information content (AvgIpc) is 3.29. The molecule has 0 unspecified atom stereocenters. The van der Waals surface area contributed by atoms with Crippen molar-refractivity contribution in [1.82, 2.24) is 9.97 Å². The maximum Gasteiger partial charge on any atom is 0.252 e. The van der Waals surface area contributed by atoms with Gasteiger partial charge < -0.3 is 23.9 Å². The van der Waals surface area contributed by atoms with Crippen LogP contribution in [0.3, 0.4) is 0 Å². The minimum atomic E-state index is -0.0978. The fraction of sp³-hybridized carbons (Fsp3) is 0.308. The standard InChI is InChI=1S/C26H26N2O5/c1-5-19-14(7-15-9-24-25(33-13-32-24)12-21(15)27-19)8-18-16-10-22(30-3)23(31-4)11-17(16)20(6-2)28-26(18)29/h7,9-12H,5-6,8,13H2,1-4H3,(H,28,29). The molecule has 2 aromatic heterocycles. The summed E-state index contributed by atoms with van der Waals surface area (Å²) in [4.78, 5) is 21.2. The molecule has 0 bridgehead atoms. The molecule has 0 atom stereocenters. The van der Waals surface area contributed by atoms with E-state index in [1.165, 1.54) is 0 Å². The molecule has 0 aliphatic carbocycles. The molecule has 0 amide bonds. The quantitative estimate of drug-likeness (QED) is 0.468. The van der Waals surface area contributed by atoms with Crippen LogP contribution in [0.1, 0.15) is 36.4 Å². The number of fused-ring (bicyclic) bond motifs is 3. The van der Waals surface area contributed by atoms with Crippen LogP contribution in [0.5, 0.6) is 23.0 Å². The largest absolute Gasteiger partial charge is 0.493 e. The predicted octanol–water partition coefficient (Wildman–Crippen LogP) is 4.54. The number of hydrogen-bond acceptors (Lipinski definition) is 6. The van der Waals surface area contributed by atoms with Gasteiger partial charge in [-0.25, -0.2) is 0 Å². The molecule has 0 spiro atoms. The summed E-state index contributed by atoms with van der Waals surface area (Å²) >= 11 is 0. The van der Waals surface area contributed by atoms with E-state index in [1.807, 2.05) is 31.2 Å². The van der Waals surface area contributed by atoms with Crippen molar-refractivity contribution < 1.29 is 18.9 Å². The van der Waals surface area contributed by atoms with Gasteiger partial charge in [0.2, 0.25) is 6.79 Å². The number of methoxy groups -OCH3 is 2. The van der Waals surface area contributed by atoms with Gasteiger partial charge in [-0.3, -0.25) is 9.78 Å². The van der Waals surface area contributed by atoms with E-state index >= 15 is 0 Å². The number of ether oxygens (including phenoxy) is 4. The van der Waals surface area contributed by atoms with Crippen molar-refractivity contribution in [3.05, 3.63) is 63.2 Å². The van der Waals surface area contributed by atoms with Crippen molar-refractivity contribution in [1.29, 1.82) is 0 Å². The third-order valence-electron chi connectivity index (χ3n) is 6.25. The van der Waals surface area contributed by atoms with E-state index in [0.717, 1.165) is 45.0 Å². The molecule has 0 fully saturated rings. The Balaban J connectivity index is 1.70. The summed E-state index contributed by atoms with van der Waals surface area (Å²) < 4.78 is 22.1. The first-order chi connectivity index (χ1) is 16.1. The van der Waals surface area contributed by atoms with Gasteiger partial charge >= 0.3 is 0 Å². The molecule has 1 aliphatic rings. The van der Waals surface area contributed by atoms with Crippen LogP contribution in [0.4, 0.5) is 0 Å². The first kappa shape index (κ1) is 21.1. The van der Waals surface area contributed by atoms with Gasteiger partial charge in [0.05, 0.1) is 19.7 Å². The average molecular weight is 447 g/mol. The summed E-state index contributed by atoms with van der Waals surface area (Å²) in [6.45, 7) is 4.31. The Morgan fingerprint density at radius 3 is 2.30 bits per heavy atom. The summed E-state index contributed by atoms with van der Waals surface area (Å²) in [7, 11) is 3.21. The topological polar surface area (TPSA) is 82.7 Å². The summed E-state index contributed by atoms with van der Waals surface area (Å²) in [6.07, 6.45) is 1.90. The number of pyridine rings is 2. The lowest BCUT2D eigenvalue weighted by Gasteiger charge is -2.15. The number of aromatic nitrogens is 2. The van der Waals surface area contributed by atoms with Gasteiger partial charge in [-0.1, -0.05) is 13.8 Å². The Labute approximate surface area is 191 Å². The zero-order chi connectivity index (χ0) is 23.1. The van der Waals surface area contributed by atoms with Crippen LogP contribution >= 0.6 is 0 Å². The lowest BCUT2D eigenvalue weighted by molar-refractivity contribution is 0.174. The maximum atomic E-state index is 13.2. The third-order valence-corrected chi connectivity index (χ3v) is 6.25. The molecule has 1 N–H and O–H groups in total. The minimum Gasteiger partial charge on any atom is -0.493 e. The molecule has 5 rings (SSSR count). The second-order valence-corrected chi connectivity index (χ2v) is 8.04. The van der Waals surface area contributed by atoms with Crippen molar-refractivity contribution in [2.75, 3.05) is 21.0 Å². The molecule has 4 aromatic rings. The van der Waals surface area contributed by atoms with Crippen molar-refractivity contribution in [2.24, 2.45) is 0 Å². The molecule has 3 heterocycles. The Kier molecular flexibility index (Phi) is 5.32. The highest BCUT2D eigenvalue weighted by Gasteiger charge is 2.19. The van der Waals surface area contributed by atoms with Crippen LogP contribution in [-0.4, -0.2) is 31.0 Å². The third kappa shape index (κ3) is 3.53. The van der Waals surface area contributed by atoms with Crippen LogP contribution in [0.25, 0.3) is 21.7 Å². The van der Waals surface area contributed by atoms with Gasteiger partial charge in [0.15, 0.2) is 23.0 Å². The molecule has 170 valence electrons. The fourth-order valence-electron chi connectivity index (χ4n) is 4.53. The smallest absolute Gasteiger partial charge is 0.252 e. The number of hydrogen-bond donors (Lipinski definition) is 1. The molecular formula is C26H26N2O5. The van der Waals surface area contributed by atoms with Gasteiger partial charge in [0, 0.05) is 40.2 Å². The monoisotopic (exact) mass is 446 g/mol. The highest BCUT2D eigenvalue weighted by Crippen LogP contribution is 2.37. The number of aryl methyl sites for hydroxylation is 2. The second kappa shape index (κ2) is 8.31. The molecule has 0 saturated heterocycles. The number of nitrogens with one attached hydrogen (secondary N) is 1. The van der Waals surface area contributed by atoms with Gasteiger partial charge in [0.25, 0.3) is 5.56 Å². The molecule has 2 aromatic carbocycles. The van der Waals surface area contributed by atoms with Crippen LogP contribution in [-0.2, 0) is 19.3 Å². The van der Waals surface area contributed by atoms with E-state index in [1.54, 1.807) is 14.2 Å². The van der Waals surface area contributed by atoms with Gasteiger partial charge in [-0.15, -0.1) is 0 Å². The Morgan fingerprint density at radius 1 is 0.939 bits per heavy atom. The number of aromatic amines is 1. The molecule has 0 radical (unpaired) electrons. The molecular weight excluding hydrogens is 420 g/mol. The van der Waals surface area contributed by atoms with E-state index in [4.69, 9.17) is 23.9 Å². The summed E-state index contributed by atoms with van der Waals surface area (Å²) in [6, 6.07) is 9.80. The lowest BCUT2D eigenvalue weighted by Crippen LogP contribution is -2.17. The summed E-state index contributed by atoms with van der Waals surface area (Å²) in [5.74, 6) is 2.66. The second-order valence-electron chi connectivity index (χ2n) is 8.04. The van der Waals surface area contributed by atoms with Gasteiger partial charge in [-0.05, 0) is 48.1 Å². The molecule has 1 aliphatic heterocycles. The number of benzene rings is 2. The number of nitrogens with zero attached hydrogens (tertiary/aromatic N) is 1. The fourth-order valence-corrected chi connectivity index (χ4v) is 4.53. The van der Waals surface area contributed by atoms with Crippen molar-refractivity contribution in [3.63, 3.8) is 0 Å². The predicted molar refractivity (Wildman–Crippen MR) is 127 cm³/mol. The van der Waals surface area contributed by atoms with Crippen LogP contribution in [0, 0.1) is 0 Å². The SMILES string of the molecule is CCc1nc2cc3c(cc2cc1Cc1c(=O)[nH]c(CC)c2cc(OC)c(OC)cc12)OCO3. The summed E-state index contributed by atoms with van der Waals surface area (Å²) in [5, 5.41) is 2.78. The zero-order valence-corrected chi connectivity index (χ0v) is 19.2. The Hall–Kier alpha value is -3.74. The summed E-state index contributed by atoms with van der Waals surface area (Å²) in [5.41, 5.74) is 4.27. The maximum absolute atomic E-state index is 13.2. The number of rotatable bonds is 6. The Morgan fingerprint density at radius 2 is 1.64 bits per heavy atom. The van der Waals surface area contributed by atoms with Gasteiger partial charge in [-0.2, -0.15) is 0 Å². The first-order valence-corrected chi connectivity index (χ1v) is 11.1. The van der Waals surface area contributed by atoms with Crippen LogP contribution in [0.2, 0.25) is 0 Å². The van der Waals surface area contributed by atoms with E-state index in [9.17, 15) is 4.79 Å². The molecule has 33 heavy (non-hydrogen) atoms. The normalized spacial score (nSPS) is 12.5. The van der Waals surface area contributed by atoms with E-state index < -0.39 is 0 Å².